The van der Waals surface area contributed by atoms with Crippen LogP contribution < -0.4 is 0 Å². The van der Waals surface area contributed by atoms with Crippen molar-refractivity contribution >= 4 is 44.2 Å². The van der Waals surface area contributed by atoms with Gasteiger partial charge in [-0.3, -0.25) is 0 Å². The first-order chi connectivity index (χ1) is 11.7. The molecular weight excluding hydrogens is 389 g/mol. The molecule has 0 fully saturated rings. The van der Waals surface area contributed by atoms with Crippen molar-refractivity contribution in [2.75, 3.05) is 6.26 Å². The maximum absolute atomic E-state index is 14.5. The molecule has 0 heterocycles. The molecule has 2 nitrogen and oxygen atoms in total. The highest BCUT2D eigenvalue weighted by molar-refractivity contribution is 7.90. The normalized spacial score (nSPS) is 14.4. The van der Waals surface area contributed by atoms with E-state index in [1.807, 2.05) is 6.08 Å². The first-order valence-electron chi connectivity index (χ1n) is 7.23. The zero-order valence-corrected chi connectivity index (χ0v) is 15.3. The Balaban J connectivity index is 2.11. The van der Waals surface area contributed by atoms with Gasteiger partial charge in [0.2, 0.25) is 0 Å². The Morgan fingerprint density at radius 1 is 0.880 bits per heavy atom. The van der Waals surface area contributed by atoms with Gasteiger partial charge >= 0.3 is 0 Å². The lowest BCUT2D eigenvalue weighted by molar-refractivity contribution is 0.554. The van der Waals surface area contributed by atoms with Crippen molar-refractivity contribution in [3.05, 3.63) is 75.3 Å². The minimum Gasteiger partial charge on any atom is -0.224 e. The summed E-state index contributed by atoms with van der Waals surface area (Å²) in [6, 6.07) is 6.55. The molecule has 7 heteroatoms. The summed E-state index contributed by atoms with van der Waals surface area (Å²) in [6.45, 7) is 0. The Bertz CT molecular complexity index is 1020. The summed E-state index contributed by atoms with van der Waals surface area (Å²) < 4.78 is 51.8. The molecular formula is C18H12Cl2F2O2S. The number of rotatable bonds is 3. The van der Waals surface area contributed by atoms with Crippen LogP contribution in [0.4, 0.5) is 8.78 Å². The number of halogens is 4. The minimum atomic E-state index is -3.86. The van der Waals surface area contributed by atoms with Gasteiger partial charge in [0.1, 0.15) is 16.5 Å². The molecule has 0 amide bonds. The summed E-state index contributed by atoms with van der Waals surface area (Å²) in [5, 5.41) is 0.849. The van der Waals surface area contributed by atoms with E-state index in [-0.39, 0.29) is 5.56 Å². The SMILES string of the molecule is CS(=O)(=O)c1cc(F)c(C2=CCC=C2c2cc(Cl)cc(Cl)c2)cc1F. The molecule has 2 aromatic rings. The highest BCUT2D eigenvalue weighted by Gasteiger charge is 2.23. The van der Waals surface area contributed by atoms with Crippen LogP contribution in [0, 0.1) is 11.6 Å². The summed E-state index contributed by atoms with van der Waals surface area (Å²) in [5.74, 6) is -1.80. The highest BCUT2D eigenvalue weighted by atomic mass is 35.5. The summed E-state index contributed by atoms with van der Waals surface area (Å²) in [4.78, 5) is -0.663. The van der Waals surface area contributed by atoms with Crippen molar-refractivity contribution < 1.29 is 17.2 Å². The smallest absolute Gasteiger partial charge is 0.178 e. The van der Waals surface area contributed by atoms with Crippen LogP contribution in [-0.4, -0.2) is 14.7 Å². The molecule has 0 atom stereocenters. The molecule has 1 aliphatic carbocycles. The molecule has 0 spiro atoms. The maximum atomic E-state index is 14.5. The molecule has 25 heavy (non-hydrogen) atoms. The van der Waals surface area contributed by atoms with Crippen LogP contribution in [0.2, 0.25) is 10.0 Å². The third-order valence-electron chi connectivity index (χ3n) is 3.82. The van der Waals surface area contributed by atoms with Crippen molar-refractivity contribution in [3.8, 4) is 0 Å². The minimum absolute atomic E-state index is 0.00949. The summed E-state index contributed by atoms with van der Waals surface area (Å²) >= 11 is 12.0. The predicted octanol–water partition coefficient (Wildman–Crippen LogP) is 5.55. The van der Waals surface area contributed by atoms with E-state index in [2.05, 4.69) is 0 Å². The van der Waals surface area contributed by atoms with E-state index >= 15 is 0 Å². The zero-order valence-electron chi connectivity index (χ0n) is 13.0. The number of hydrogen-bond donors (Lipinski definition) is 0. The van der Waals surface area contributed by atoms with Crippen LogP contribution in [0.25, 0.3) is 11.1 Å². The second-order valence-corrected chi connectivity index (χ2v) is 8.52. The van der Waals surface area contributed by atoms with Gasteiger partial charge in [-0.05, 0) is 53.5 Å². The van der Waals surface area contributed by atoms with Gasteiger partial charge in [0, 0.05) is 21.9 Å². The first-order valence-corrected chi connectivity index (χ1v) is 9.88. The fraction of sp³-hybridized carbons (Fsp3) is 0.111. The Kier molecular flexibility index (Phi) is 4.75. The average molecular weight is 401 g/mol. The fourth-order valence-electron chi connectivity index (χ4n) is 2.77. The van der Waals surface area contributed by atoms with Crippen LogP contribution in [-0.2, 0) is 9.84 Å². The molecule has 130 valence electrons. The third-order valence-corrected chi connectivity index (χ3v) is 5.37. The fourth-order valence-corrected chi connectivity index (χ4v) is 4.03. The monoisotopic (exact) mass is 400 g/mol. The average Bonchev–Trinajstić information content (AvgIpc) is 2.96. The lowest BCUT2D eigenvalue weighted by Crippen LogP contribution is -2.04. The van der Waals surface area contributed by atoms with Crippen LogP contribution in [0.5, 0.6) is 0 Å². The van der Waals surface area contributed by atoms with E-state index < -0.39 is 26.4 Å². The molecule has 0 bridgehead atoms. The lowest BCUT2D eigenvalue weighted by Gasteiger charge is -2.13. The van der Waals surface area contributed by atoms with E-state index in [1.54, 1.807) is 24.3 Å². The summed E-state index contributed by atoms with van der Waals surface area (Å²) in [7, 11) is -3.86. The Hall–Kier alpha value is -1.69. The summed E-state index contributed by atoms with van der Waals surface area (Å²) in [6.07, 6.45) is 4.95. The van der Waals surface area contributed by atoms with Crippen molar-refractivity contribution in [2.45, 2.75) is 11.3 Å². The number of allylic oxidation sites excluding steroid dienone is 4. The van der Waals surface area contributed by atoms with Gasteiger partial charge < -0.3 is 0 Å². The van der Waals surface area contributed by atoms with E-state index in [1.165, 1.54) is 0 Å². The van der Waals surface area contributed by atoms with Gasteiger partial charge in [0.15, 0.2) is 9.84 Å². The van der Waals surface area contributed by atoms with Gasteiger partial charge in [0.05, 0.1) is 0 Å². The van der Waals surface area contributed by atoms with Crippen molar-refractivity contribution in [3.63, 3.8) is 0 Å². The molecule has 3 rings (SSSR count). The lowest BCUT2D eigenvalue weighted by atomic mass is 9.94. The standard InChI is InChI=1S/C18H12Cl2F2O2S/c1-25(23,24)18-9-16(21)15(8-17(18)22)14-4-2-3-13(14)10-5-11(19)7-12(20)6-10/h3-9H,2H2,1H3. The van der Waals surface area contributed by atoms with Gasteiger partial charge in [-0.15, -0.1) is 0 Å². The van der Waals surface area contributed by atoms with Crippen LogP contribution in [0.15, 0.2) is 47.4 Å². The Morgan fingerprint density at radius 3 is 2.08 bits per heavy atom. The maximum Gasteiger partial charge on any atom is 0.178 e. The van der Waals surface area contributed by atoms with E-state index in [9.17, 15) is 17.2 Å². The Morgan fingerprint density at radius 2 is 1.48 bits per heavy atom. The Labute approximate surface area is 154 Å². The molecule has 1 aliphatic rings. The van der Waals surface area contributed by atoms with Crippen molar-refractivity contribution in [1.29, 1.82) is 0 Å². The number of hydrogen-bond acceptors (Lipinski definition) is 2. The second-order valence-electron chi connectivity index (χ2n) is 5.66. The summed E-state index contributed by atoms with van der Waals surface area (Å²) in [5.41, 5.74) is 1.79. The zero-order chi connectivity index (χ0) is 18.4. The molecule has 0 saturated carbocycles. The van der Waals surface area contributed by atoms with E-state index in [0.717, 1.165) is 12.3 Å². The molecule has 0 saturated heterocycles. The highest BCUT2D eigenvalue weighted by Crippen LogP contribution is 2.39. The number of sulfone groups is 1. The number of benzene rings is 2. The molecule has 0 radical (unpaired) electrons. The van der Waals surface area contributed by atoms with Gasteiger partial charge in [-0.2, -0.15) is 0 Å². The van der Waals surface area contributed by atoms with Gasteiger partial charge in [-0.1, -0.05) is 35.4 Å². The van der Waals surface area contributed by atoms with E-state index in [4.69, 9.17) is 23.2 Å². The third kappa shape index (κ3) is 3.64. The molecule has 0 unspecified atom stereocenters. The topological polar surface area (TPSA) is 34.1 Å². The first kappa shape index (κ1) is 18.1. The molecule has 0 aliphatic heterocycles. The van der Waals surface area contributed by atoms with E-state index in [0.29, 0.717) is 39.2 Å². The quantitative estimate of drug-likeness (QED) is 0.676. The van der Waals surface area contributed by atoms with Crippen molar-refractivity contribution in [1.82, 2.24) is 0 Å². The molecule has 0 N–H and O–H groups in total. The van der Waals surface area contributed by atoms with Crippen LogP contribution in [0.1, 0.15) is 17.5 Å². The van der Waals surface area contributed by atoms with Gasteiger partial charge in [-0.25, -0.2) is 17.2 Å². The van der Waals surface area contributed by atoms with Gasteiger partial charge in [0.25, 0.3) is 0 Å². The van der Waals surface area contributed by atoms with Crippen LogP contribution >= 0.6 is 23.2 Å². The largest absolute Gasteiger partial charge is 0.224 e. The molecule has 0 aromatic heterocycles. The van der Waals surface area contributed by atoms with Crippen molar-refractivity contribution in [2.24, 2.45) is 0 Å². The van der Waals surface area contributed by atoms with Crippen LogP contribution in [0.3, 0.4) is 0 Å². The second kappa shape index (κ2) is 6.56. The predicted molar refractivity (Wildman–Crippen MR) is 96.5 cm³/mol. The molecule has 2 aromatic carbocycles.